The molecule has 2 heterocycles. The molecule has 14 heteroatoms. The number of carboxylic acids is 1. The molecule has 4 aliphatic rings. The fourth-order valence-corrected chi connectivity index (χ4v) is 7.65. The molecular formula is C34H41ClN4O9. The molecule has 13 nitrogen and oxygen atoms in total. The molecule has 0 radical (unpaired) electrons. The van der Waals surface area contributed by atoms with Gasteiger partial charge in [-0.1, -0.05) is 31.5 Å². The van der Waals surface area contributed by atoms with E-state index in [1.165, 1.54) is 12.0 Å². The lowest BCUT2D eigenvalue weighted by atomic mass is 10.1. The Labute approximate surface area is 282 Å². The number of hydrogen-bond donors (Lipinski definition) is 4. The summed E-state index contributed by atoms with van der Waals surface area (Å²) in [7, 11) is 1.47. The van der Waals surface area contributed by atoms with Gasteiger partial charge >= 0.3 is 12.1 Å². The predicted octanol–water partition coefficient (Wildman–Crippen LogP) is 3.58. The second-order valence-corrected chi connectivity index (χ2v) is 13.9. The monoisotopic (exact) mass is 684 g/mol. The zero-order valence-electron chi connectivity index (χ0n) is 27.2. The third-order valence-electron chi connectivity index (χ3n) is 10.2. The van der Waals surface area contributed by atoms with Crippen LogP contribution < -0.4 is 20.1 Å². The summed E-state index contributed by atoms with van der Waals surface area (Å²) in [6, 6.07) is 2.60. The van der Waals surface area contributed by atoms with Crippen molar-refractivity contribution in [3.05, 3.63) is 41.1 Å². The van der Waals surface area contributed by atoms with E-state index in [2.05, 4.69) is 22.2 Å². The zero-order valence-corrected chi connectivity index (χ0v) is 27.9. The molecule has 6 rings (SSSR count). The molecule has 1 saturated heterocycles. The van der Waals surface area contributed by atoms with E-state index in [9.17, 15) is 29.4 Å². The minimum absolute atomic E-state index is 0.0183. The van der Waals surface area contributed by atoms with Gasteiger partial charge in [0.15, 0.2) is 0 Å². The van der Waals surface area contributed by atoms with E-state index in [0.717, 1.165) is 19.3 Å². The zero-order chi connectivity index (χ0) is 34.5. The first-order valence-corrected chi connectivity index (χ1v) is 16.7. The highest BCUT2D eigenvalue weighted by molar-refractivity contribution is 6.36. The van der Waals surface area contributed by atoms with Crippen LogP contribution in [-0.4, -0.2) is 87.5 Å². The van der Waals surface area contributed by atoms with Gasteiger partial charge in [-0.2, -0.15) is 0 Å². The first kappa shape index (κ1) is 33.8. The van der Waals surface area contributed by atoms with Crippen LogP contribution in [0.15, 0.2) is 30.4 Å². The number of amides is 3. The minimum atomic E-state index is -1.41. The number of carbonyl (C=O) groups excluding carboxylic acids is 3. The predicted molar refractivity (Wildman–Crippen MR) is 174 cm³/mol. The van der Waals surface area contributed by atoms with E-state index in [1.807, 2.05) is 6.92 Å². The van der Waals surface area contributed by atoms with E-state index in [-0.39, 0.29) is 42.1 Å². The molecule has 1 aromatic carbocycles. The number of methoxy groups -OCH3 is 1. The average molecular weight is 685 g/mol. The maximum Gasteiger partial charge on any atom is 0.408 e. The van der Waals surface area contributed by atoms with Gasteiger partial charge in [0.2, 0.25) is 11.8 Å². The first-order chi connectivity index (χ1) is 22.9. The van der Waals surface area contributed by atoms with Gasteiger partial charge < -0.3 is 40.0 Å². The Morgan fingerprint density at radius 2 is 1.88 bits per heavy atom. The van der Waals surface area contributed by atoms with Crippen LogP contribution in [0.5, 0.6) is 11.5 Å². The van der Waals surface area contributed by atoms with Crippen molar-refractivity contribution < 1.29 is 43.6 Å². The highest BCUT2D eigenvalue weighted by Crippen LogP contribution is 2.52. The Hall–Kier alpha value is -4.10. The van der Waals surface area contributed by atoms with Crippen molar-refractivity contribution in [2.45, 2.75) is 88.8 Å². The number of hydrogen-bond acceptors (Lipinski definition) is 9. The van der Waals surface area contributed by atoms with Gasteiger partial charge in [0.05, 0.1) is 31.5 Å². The largest absolute Gasteiger partial charge is 0.495 e. The van der Waals surface area contributed by atoms with Crippen LogP contribution in [0.4, 0.5) is 4.79 Å². The standard InChI is InChI=1S/C34H41ClN4O9/c1-5-19-13-34(19,32(43)44)38-30(41)24-12-22(47-26-11-20(15-40)36-29-23(26)6-7-25(46-4)27(29)35)14-39(24)31(42)28(16(2)3)37-33(45)48-21-9-17-8-18(17)10-21/h6-7,11,17-19,21-22,24,28,40H,2,5,8-10,12-15H2,1,3-4H3,(H,37,45)(H,38,41)(H,43,44)/t17-,18+,19-,21?,22-,24+,28+,34-/m1/s1. The lowest BCUT2D eigenvalue weighted by Crippen LogP contribution is -2.56. The van der Waals surface area contributed by atoms with Crippen LogP contribution >= 0.6 is 11.6 Å². The van der Waals surface area contributed by atoms with Crippen LogP contribution in [0.2, 0.25) is 5.02 Å². The van der Waals surface area contributed by atoms with Crippen molar-refractivity contribution in [3.8, 4) is 11.5 Å². The summed E-state index contributed by atoms with van der Waals surface area (Å²) >= 11 is 6.54. The van der Waals surface area contributed by atoms with E-state index in [0.29, 0.717) is 46.2 Å². The Morgan fingerprint density at radius 3 is 2.48 bits per heavy atom. The van der Waals surface area contributed by atoms with Gasteiger partial charge in [0.25, 0.3) is 0 Å². The van der Waals surface area contributed by atoms with Gasteiger partial charge in [0, 0.05) is 17.9 Å². The molecule has 3 amide bonds. The van der Waals surface area contributed by atoms with Gasteiger partial charge in [-0.15, -0.1) is 0 Å². The molecule has 3 aliphatic carbocycles. The Bertz CT molecular complexity index is 1660. The van der Waals surface area contributed by atoms with Gasteiger partial charge in [-0.05, 0) is 68.1 Å². The first-order valence-electron chi connectivity index (χ1n) is 16.3. The summed E-state index contributed by atoms with van der Waals surface area (Å²) in [4.78, 5) is 58.9. The van der Waals surface area contributed by atoms with Crippen LogP contribution in [-0.2, 0) is 25.7 Å². The summed E-state index contributed by atoms with van der Waals surface area (Å²) in [6.07, 6.45) is 1.95. The molecule has 8 atom stereocenters. The highest BCUT2D eigenvalue weighted by atomic mass is 35.5. The number of carbonyl (C=O) groups is 4. The van der Waals surface area contributed by atoms with Crippen LogP contribution in [0.3, 0.4) is 0 Å². The van der Waals surface area contributed by atoms with Crippen LogP contribution in [0, 0.1) is 17.8 Å². The summed E-state index contributed by atoms with van der Waals surface area (Å²) in [6.45, 7) is 6.90. The summed E-state index contributed by atoms with van der Waals surface area (Å²) in [5.41, 5.74) is -0.462. The number of aliphatic hydroxyl groups is 1. The number of likely N-dealkylation sites (tertiary alicyclic amines) is 1. The Kier molecular flexibility index (Phi) is 9.20. The van der Waals surface area contributed by atoms with E-state index in [4.69, 9.17) is 25.8 Å². The van der Waals surface area contributed by atoms with Crippen LogP contribution in [0.1, 0.15) is 58.1 Å². The molecule has 2 aromatic rings. The number of aromatic nitrogens is 1. The lowest BCUT2D eigenvalue weighted by Gasteiger charge is -2.29. The molecule has 4 fully saturated rings. The Morgan fingerprint density at radius 1 is 1.15 bits per heavy atom. The number of halogens is 1. The van der Waals surface area contributed by atoms with E-state index in [1.54, 1.807) is 25.1 Å². The second-order valence-electron chi connectivity index (χ2n) is 13.5. The quantitative estimate of drug-likeness (QED) is 0.242. The van der Waals surface area contributed by atoms with Gasteiger partial charge in [-0.3, -0.25) is 9.59 Å². The highest BCUT2D eigenvalue weighted by Gasteiger charge is 2.61. The van der Waals surface area contributed by atoms with Crippen molar-refractivity contribution in [2.75, 3.05) is 13.7 Å². The normalized spacial score (nSPS) is 29.1. The number of ether oxygens (including phenoxy) is 3. The van der Waals surface area contributed by atoms with E-state index >= 15 is 0 Å². The summed E-state index contributed by atoms with van der Waals surface area (Å²) in [5, 5.41) is 26.0. The van der Waals surface area contributed by atoms with Gasteiger partial charge in [0.1, 0.15) is 46.4 Å². The van der Waals surface area contributed by atoms with Crippen molar-refractivity contribution in [1.82, 2.24) is 20.5 Å². The number of benzene rings is 1. The third kappa shape index (κ3) is 6.37. The number of nitrogens with one attached hydrogen (secondary N) is 2. The smallest absolute Gasteiger partial charge is 0.408 e. The van der Waals surface area contributed by atoms with Crippen molar-refractivity contribution in [1.29, 1.82) is 0 Å². The number of pyridine rings is 1. The molecule has 1 aliphatic heterocycles. The number of rotatable bonds is 12. The van der Waals surface area contributed by atoms with Gasteiger partial charge in [-0.25, -0.2) is 14.6 Å². The molecule has 48 heavy (non-hydrogen) atoms. The van der Waals surface area contributed by atoms with Crippen molar-refractivity contribution in [2.24, 2.45) is 17.8 Å². The molecule has 1 unspecified atom stereocenters. The number of fused-ring (bicyclic) bond motifs is 2. The number of alkyl carbamates (subject to hydrolysis) is 1. The summed E-state index contributed by atoms with van der Waals surface area (Å²) < 4.78 is 17.3. The lowest BCUT2D eigenvalue weighted by molar-refractivity contribution is -0.145. The average Bonchev–Trinajstić information content (AvgIpc) is 3.87. The molecule has 0 spiro atoms. The topological polar surface area (TPSA) is 177 Å². The molecule has 1 aromatic heterocycles. The maximum atomic E-state index is 14.2. The molecule has 258 valence electrons. The fraction of sp³-hybridized carbons (Fsp3) is 0.559. The number of aliphatic carboxylic acids is 1. The molecular weight excluding hydrogens is 644 g/mol. The molecule has 0 bridgehead atoms. The number of aliphatic hydroxyl groups excluding tert-OH is 1. The molecule has 3 saturated carbocycles. The summed E-state index contributed by atoms with van der Waals surface area (Å²) in [5.74, 6) is -0.716. The third-order valence-corrected chi connectivity index (χ3v) is 10.6. The fourth-order valence-electron chi connectivity index (χ4n) is 7.36. The van der Waals surface area contributed by atoms with Crippen LogP contribution in [0.25, 0.3) is 10.9 Å². The van der Waals surface area contributed by atoms with E-state index < -0.39 is 54.2 Å². The maximum absolute atomic E-state index is 14.2. The SMILES string of the molecule is C=C(C)[C@H](NC(=O)OC1C[C@@H]2C[C@@H]2C1)C(=O)N1C[C@H](Oc2cc(CO)nc3c(Cl)c(OC)ccc23)C[C@H]1C(=O)N[C@]1(C(=O)O)C[C@H]1CC. The van der Waals surface area contributed by atoms with Crippen molar-refractivity contribution >= 4 is 46.4 Å². The minimum Gasteiger partial charge on any atom is -0.495 e. The molecule has 4 N–H and O–H groups in total. The Balaban J connectivity index is 1.26. The number of carboxylic acid groups (broad SMARTS) is 1. The second kappa shape index (κ2) is 13.1. The van der Waals surface area contributed by atoms with Crippen molar-refractivity contribution in [3.63, 3.8) is 0 Å². The number of nitrogens with zero attached hydrogens (tertiary/aromatic N) is 2.